The van der Waals surface area contributed by atoms with Gasteiger partial charge in [-0.3, -0.25) is 4.79 Å². The molecule has 24 heavy (non-hydrogen) atoms. The number of carbonyl (C=O) groups excluding carboxylic acids is 1. The van der Waals surface area contributed by atoms with Crippen LogP contribution in [0, 0.1) is 13.8 Å². The second-order valence-corrected chi connectivity index (χ2v) is 8.07. The Bertz CT molecular complexity index is 887. The van der Waals surface area contributed by atoms with Crippen molar-refractivity contribution in [1.29, 1.82) is 0 Å². The molecule has 1 amide bonds. The molecule has 2 aromatic heterocycles. The Morgan fingerprint density at radius 2 is 1.96 bits per heavy atom. The Labute approximate surface area is 149 Å². The number of nitrogens with zero attached hydrogens (tertiary/aromatic N) is 2. The van der Waals surface area contributed by atoms with Crippen molar-refractivity contribution >= 4 is 39.2 Å². The van der Waals surface area contributed by atoms with Crippen LogP contribution in [0.25, 0.3) is 21.3 Å². The van der Waals surface area contributed by atoms with Gasteiger partial charge in [0.25, 0.3) is 0 Å². The van der Waals surface area contributed by atoms with E-state index in [1.807, 2.05) is 6.92 Å². The van der Waals surface area contributed by atoms with Crippen LogP contribution in [0.4, 0.5) is 0 Å². The summed E-state index contributed by atoms with van der Waals surface area (Å²) in [6.45, 7) is 6.13. The van der Waals surface area contributed by atoms with E-state index in [0.29, 0.717) is 6.42 Å². The van der Waals surface area contributed by atoms with E-state index >= 15 is 0 Å². The summed E-state index contributed by atoms with van der Waals surface area (Å²) < 4.78 is 0. The van der Waals surface area contributed by atoms with E-state index in [4.69, 9.17) is 5.73 Å². The van der Waals surface area contributed by atoms with Gasteiger partial charge in [0.05, 0.1) is 10.6 Å². The van der Waals surface area contributed by atoms with Crippen molar-refractivity contribution in [3.05, 3.63) is 41.0 Å². The summed E-state index contributed by atoms with van der Waals surface area (Å²) in [5.74, 6) is -0.307. The van der Waals surface area contributed by atoms with Crippen LogP contribution in [0.2, 0.25) is 0 Å². The zero-order valence-electron chi connectivity index (χ0n) is 13.9. The third-order valence-corrected chi connectivity index (χ3v) is 6.31. The lowest BCUT2D eigenvalue weighted by molar-refractivity contribution is -0.117. The lowest BCUT2D eigenvalue weighted by Gasteiger charge is -2.11. The molecule has 4 nitrogen and oxygen atoms in total. The summed E-state index contributed by atoms with van der Waals surface area (Å²) >= 11 is 3.09. The van der Waals surface area contributed by atoms with E-state index in [-0.39, 0.29) is 11.2 Å². The Hall–Kier alpha value is -1.92. The first kappa shape index (κ1) is 16.9. The molecule has 1 unspecified atom stereocenters. The molecule has 3 rings (SSSR count). The summed E-state index contributed by atoms with van der Waals surface area (Å²) in [6.07, 6.45) is 2.24. The first-order valence-corrected chi connectivity index (χ1v) is 9.48. The third kappa shape index (κ3) is 3.16. The number of aryl methyl sites for hydroxylation is 2. The molecule has 0 bridgehead atoms. The van der Waals surface area contributed by atoms with E-state index in [1.54, 1.807) is 17.7 Å². The van der Waals surface area contributed by atoms with Crippen LogP contribution in [0.1, 0.15) is 23.8 Å². The molecule has 0 aliphatic rings. The molecule has 0 aliphatic carbocycles. The van der Waals surface area contributed by atoms with Gasteiger partial charge in [0, 0.05) is 10.4 Å². The van der Waals surface area contributed by atoms with Gasteiger partial charge in [0.1, 0.15) is 16.2 Å². The molecular formula is C18H19N3OS2. The molecule has 0 saturated carbocycles. The molecule has 0 saturated heterocycles. The van der Waals surface area contributed by atoms with Crippen LogP contribution in [0.15, 0.2) is 35.6 Å². The van der Waals surface area contributed by atoms with Crippen LogP contribution in [0.3, 0.4) is 0 Å². The highest BCUT2D eigenvalue weighted by atomic mass is 32.2. The van der Waals surface area contributed by atoms with E-state index in [2.05, 4.69) is 48.1 Å². The van der Waals surface area contributed by atoms with Gasteiger partial charge >= 0.3 is 0 Å². The summed E-state index contributed by atoms with van der Waals surface area (Å²) in [4.78, 5) is 22.6. The highest BCUT2D eigenvalue weighted by Crippen LogP contribution is 2.42. The number of benzene rings is 1. The molecule has 0 aliphatic heterocycles. The van der Waals surface area contributed by atoms with Gasteiger partial charge in [-0.15, -0.1) is 11.3 Å². The lowest BCUT2D eigenvalue weighted by atomic mass is 10.0. The van der Waals surface area contributed by atoms with Gasteiger partial charge in [-0.05, 0) is 25.8 Å². The van der Waals surface area contributed by atoms with Crippen LogP contribution in [-0.4, -0.2) is 21.1 Å². The SMILES string of the molecule is CCC(Sc1ncnc2sc(C)c(-c3ccc(C)cc3)c12)C(N)=O. The summed E-state index contributed by atoms with van der Waals surface area (Å²) in [5, 5.41) is 1.56. The number of thiophene rings is 1. The van der Waals surface area contributed by atoms with Gasteiger partial charge in [-0.1, -0.05) is 48.5 Å². The van der Waals surface area contributed by atoms with Crippen LogP contribution >= 0.6 is 23.1 Å². The minimum absolute atomic E-state index is 0.283. The third-order valence-electron chi connectivity index (χ3n) is 3.91. The fourth-order valence-electron chi connectivity index (χ4n) is 2.65. The maximum Gasteiger partial charge on any atom is 0.230 e. The number of nitrogens with two attached hydrogens (primary N) is 1. The zero-order valence-corrected chi connectivity index (χ0v) is 15.5. The number of amides is 1. The van der Waals surface area contributed by atoms with Crippen molar-refractivity contribution in [2.75, 3.05) is 0 Å². The molecule has 3 aromatic rings. The molecule has 0 spiro atoms. The largest absolute Gasteiger partial charge is 0.369 e. The van der Waals surface area contributed by atoms with Crippen molar-refractivity contribution in [3.8, 4) is 11.1 Å². The average Bonchev–Trinajstić information content (AvgIpc) is 2.89. The summed E-state index contributed by atoms with van der Waals surface area (Å²) in [7, 11) is 0. The van der Waals surface area contributed by atoms with Gasteiger partial charge in [0.15, 0.2) is 0 Å². The van der Waals surface area contributed by atoms with Crippen molar-refractivity contribution in [3.63, 3.8) is 0 Å². The van der Waals surface area contributed by atoms with Gasteiger partial charge in [0.2, 0.25) is 5.91 Å². The van der Waals surface area contributed by atoms with E-state index in [0.717, 1.165) is 26.4 Å². The quantitative estimate of drug-likeness (QED) is 0.545. The molecule has 0 fully saturated rings. The Morgan fingerprint density at radius 3 is 2.58 bits per heavy atom. The molecule has 124 valence electrons. The number of rotatable bonds is 5. The second-order valence-electron chi connectivity index (χ2n) is 5.68. The summed E-state index contributed by atoms with van der Waals surface area (Å²) in [6, 6.07) is 8.45. The Kier molecular flexibility index (Phi) is 4.87. The van der Waals surface area contributed by atoms with Crippen molar-refractivity contribution in [1.82, 2.24) is 9.97 Å². The number of primary amides is 1. The van der Waals surface area contributed by atoms with E-state index < -0.39 is 0 Å². The fraction of sp³-hybridized carbons (Fsp3) is 0.278. The number of hydrogen-bond acceptors (Lipinski definition) is 5. The predicted octanol–water partition coefficient (Wildman–Crippen LogP) is 4.33. The van der Waals surface area contributed by atoms with Crippen LogP contribution < -0.4 is 5.73 Å². The molecule has 2 heterocycles. The molecule has 1 atom stereocenters. The van der Waals surface area contributed by atoms with Gasteiger partial charge in [-0.2, -0.15) is 0 Å². The number of thioether (sulfide) groups is 1. The van der Waals surface area contributed by atoms with Crippen LogP contribution in [-0.2, 0) is 4.79 Å². The van der Waals surface area contributed by atoms with Gasteiger partial charge in [-0.25, -0.2) is 9.97 Å². The molecular weight excluding hydrogens is 338 g/mol. The second kappa shape index (κ2) is 6.91. The molecule has 6 heteroatoms. The first-order valence-electron chi connectivity index (χ1n) is 7.78. The smallest absolute Gasteiger partial charge is 0.230 e. The fourth-order valence-corrected chi connectivity index (χ4v) is 4.71. The van der Waals surface area contributed by atoms with Gasteiger partial charge < -0.3 is 5.73 Å². The first-order chi connectivity index (χ1) is 11.5. The van der Waals surface area contributed by atoms with E-state index in [9.17, 15) is 4.79 Å². The number of carbonyl (C=O) groups is 1. The average molecular weight is 358 g/mol. The predicted molar refractivity (Wildman–Crippen MR) is 101 cm³/mol. The highest BCUT2D eigenvalue weighted by molar-refractivity contribution is 8.00. The minimum atomic E-state index is -0.307. The monoisotopic (exact) mass is 357 g/mol. The highest BCUT2D eigenvalue weighted by Gasteiger charge is 2.21. The number of fused-ring (bicyclic) bond motifs is 1. The minimum Gasteiger partial charge on any atom is -0.369 e. The van der Waals surface area contributed by atoms with Crippen molar-refractivity contribution in [2.45, 2.75) is 37.5 Å². The van der Waals surface area contributed by atoms with E-state index in [1.165, 1.54) is 22.2 Å². The molecule has 0 radical (unpaired) electrons. The molecule has 2 N–H and O–H groups in total. The normalized spacial score (nSPS) is 12.5. The number of hydrogen-bond donors (Lipinski definition) is 1. The van der Waals surface area contributed by atoms with Crippen molar-refractivity contribution < 1.29 is 4.79 Å². The van der Waals surface area contributed by atoms with Crippen LogP contribution in [0.5, 0.6) is 0 Å². The Balaban J connectivity index is 2.17. The summed E-state index contributed by atoms with van der Waals surface area (Å²) in [5.41, 5.74) is 9.03. The lowest BCUT2D eigenvalue weighted by Crippen LogP contribution is -2.24. The zero-order chi connectivity index (χ0) is 17.3. The molecule has 1 aromatic carbocycles. The maximum atomic E-state index is 11.6. The standard InChI is InChI=1S/C18H19N3OS2/c1-4-13(16(19)22)24-18-15-14(12-7-5-10(2)6-8-12)11(3)23-17(15)20-9-21-18/h5-9,13H,4H2,1-3H3,(H2,19,22). The number of aromatic nitrogens is 2. The van der Waals surface area contributed by atoms with Crippen molar-refractivity contribution in [2.24, 2.45) is 5.73 Å². The topological polar surface area (TPSA) is 68.9 Å². The Morgan fingerprint density at radius 1 is 1.25 bits per heavy atom. The maximum absolute atomic E-state index is 11.6.